The zero-order valence-electron chi connectivity index (χ0n) is 15.2. The molecule has 26 heavy (non-hydrogen) atoms. The molecular formula is C18H28Cl2N4O2. The Morgan fingerprint density at radius 3 is 2.35 bits per heavy atom. The van der Waals surface area contributed by atoms with Gasteiger partial charge in [-0.05, 0) is 37.3 Å². The molecule has 0 aromatic heterocycles. The fourth-order valence-electron chi connectivity index (χ4n) is 3.56. The quantitative estimate of drug-likeness (QED) is 0.724. The lowest BCUT2D eigenvalue weighted by Gasteiger charge is -2.44. The predicted octanol–water partition coefficient (Wildman–Crippen LogP) is 2.63. The summed E-state index contributed by atoms with van der Waals surface area (Å²) in [4.78, 5) is 26.9. The van der Waals surface area contributed by atoms with E-state index in [9.17, 15) is 9.59 Å². The van der Waals surface area contributed by atoms with Crippen LogP contribution in [0.1, 0.15) is 33.1 Å². The third-order valence-corrected chi connectivity index (χ3v) is 4.96. The number of carbonyl (C=O) groups excluding carboxylic acids is 2. The minimum atomic E-state index is -0.632. The molecule has 0 bridgehead atoms. The number of nitrogens with one attached hydrogen (secondary N) is 2. The van der Waals surface area contributed by atoms with Crippen molar-refractivity contribution in [2.75, 3.05) is 23.7 Å². The van der Waals surface area contributed by atoms with E-state index in [0.717, 1.165) is 11.4 Å². The summed E-state index contributed by atoms with van der Waals surface area (Å²) in [6.07, 6.45) is 1.87. The van der Waals surface area contributed by atoms with Crippen LogP contribution in [-0.4, -0.2) is 41.4 Å². The van der Waals surface area contributed by atoms with Crippen LogP contribution in [0.3, 0.4) is 0 Å². The molecule has 0 unspecified atom stereocenters. The number of piperidine rings is 1. The summed E-state index contributed by atoms with van der Waals surface area (Å²) in [5.74, 6) is 0.373. The second kappa shape index (κ2) is 8.93. The Kier molecular flexibility index (Phi) is 7.74. The standard InChI is InChI=1S/C18H26N4O2.2ClH/c1-12(2)11-13(19)16(23)22-9-7-18(8-10-22)17(24)20-14-5-3-4-6-15(14)21-18;;/h3-6,12-13,21H,7-11,19H2,1-2H3,(H,20,24);2*1H/t13-;;/m1../s1. The summed E-state index contributed by atoms with van der Waals surface area (Å²) in [6, 6.07) is 7.24. The molecule has 0 radical (unpaired) electrons. The molecule has 6 nitrogen and oxygen atoms in total. The van der Waals surface area contributed by atoms with E-state index in [2.05, 4.69) is 24.5 Å². The van der Waals surface area contributed by atoms with E-state index in [1.165, 1.54) is 0 Å². The Balaban J connectivity index is 0.00000169. The Labute approximate surface area is 167 Å². The number of benzene rings is 1. The van der Waals surface area contributed by atoms with Crippen LogP contribution in [0, 0.1) is 5.92 Å². The predicted molar refractivity (Wildman–Crippen MR) is 109 cm³/mol. The van der Waals surface area contributed by atoms with Crippen molar-refractivity contribution in [2.24, 2.45) is 11.7 Å². The third kappa shape index (κ3) is 4.42. The molecule has 0 aliphatic carbocycles. The van der Waals surface area contributed by atoms with Crippen LogP contribution in [0.15, 0.2) is 24.3 Å². The Morgan fingerprint density at radius 1 is 1.19 bits per heavy atom. The lowest BCUT2D eigenvalue weighted by atomic mass is 9.84. The van der Waals surface area contributed by atoms with Crippen LogP contribution in [0.4, 0.5) is 11.4 Å². The maximum atomic E-state index is 12.6. The summed E-state index contributed by atoms with van der Waals surface area (Å²) in [6.45, 7) is 5.22. The second-order valence-corrected chi connectivity index (χ2v) is 7.27. The summed E-state index contributed by atoms with van der Waals surface area (Å²) in [7, 11) is 0. The monoisotopic (exact) mass is 402 g/mol. The third-order valence-electron chi connectivity index (χ3n) is 4.96. The number of hydrogen-bond acceptors (Lipinski definition) is 4. The lowest BCUT2D eigenvalue weighted by Crippen LogP contribution is -2.60. The summed E-state index contributed by atoms with van der Waals surface area (Å²) in [5.41, 5.74) is 7.14. The molecule has 2 amide bonds. The SMILES string of the molecule is CC(C)C[C@@H](N)C(=O)N1CCC2(CC1)Nc1ccccc1NC2=O.Cl.Cl. The molecule has 8 heteroatoms. The highest BCUT2D eigenvalue weighted by atomic mass is 35.5. The molecular weight excluding hydrogens is 375 g/mol. The number of nitrogens with zero attached hydrogens (tertiary/aromatic N) is 1. The number of halogens is 2. The van der Waals surface area contributed by atoms with E-state index in [1.54, 1.807) is 4.90 Å². The van der Waals surface area contributed by atoms with Crippen molar-refractivity contribution in [1.82, 2.24) is 4.90 Å². The minimum absolute atomic E-state index is 0. The second-order valence-electron chi connectivity index (χ2n) is 7.27. The van der Waals surface area contributed by atoms with Gasteiger partial charge in [-0.25, -0.2) is 0 Å². The molecule has 2 heterocycles. The summed E-state index contributed by atoms with van der Waals surface area (Å²) in [5, 5.41) is 6.39. The van der Waals surface area contributed by atoms with Gasteiger partial charge >= 0.3 is 0 Å². The Hall–Kier alpha value is -1.50. The first-order valence-electron chi connectivity index (χ1n) is 8.64. The van der Waals surface area contributed by atoms with Gasteiger partial charge in [0.05, 0.1) is 17.4 Å². The van der Waals surface area contributed by atoms with Crippen LogP contribution in [0.5, 0.6) is 0 Å². The number of hydrogen-bond donors (Lipinski definition) is 3. The molecule has 146 valence electrons. The molecule has 1 atom stereocenters. The van der Waals surface area contributed by atoms with Crippen LogP contribution >= 0.6 is 24.8 Å². The molecule has 4 N–H and O–H groups in total. The zero-order valence-corrected chi connectivity index (χ0v) is 16.8. The highest BCUT2D eigenvalue weighted by Crippen LogP contribution is 2.36. The zero-order chi connectivity index (χ0) is 17.3. The number of nitrogens with two attached hydrogens (primary N) is 1. The van der Waals surface area contributed by atoms with Crippen LogP contribution < -0.4 is 16.4 Å². The van der Waals surface area contributed by atoms with Gasteiger partial charge in [0.25, 0.3) is 0 Å². The van der Waals surface area contributed by atoms with E-state index in [1.807, 2.05) is 24.3 Å². The van der Waals surface area contributed by atoms with Crippen molar-refractivity contribution >= 4 is 48.0 Å². The van der Waals surface area contributed by atoms with Gasteiger partial charge in [0, 0.05) is 13.1 Å². The van der Waals surface area contributed by atoms with Gasteiger partial charge in [0.2, 0.25) is 11.8 Å². The van der Waals surface area contributed by atoms with Gasteiger partial charge in [0.15, 0.2) is 0 Å². The van der Waals surface area contributed by atoms with Crippen molar-refractivity contribution in [2.45, 2.75) is 44.7 Å². The number of para-hydroxylation sites is 2. The first-order chi connectivity index (χ1) is 11.4. The highest BCUT2D eigenvalue weighted by molar-refractivity contribution is 6.06. The molecule has 2 aliphatic rings. The number of fused-ring (bicyclic) bond motifs is 1. The molecule has 1 fully saturated rings. The maximum Gasteiger partial charge on any atom is 0.250 e. The number of amides is 2. The van der Waals surface area contributed by atoms with E-state index in [0.29, 0.717) is 38.3 Å². The van der Waals surface area contributed by atoms with Crippen molar-refractivity contribution < 1.29 is 9.59 Å². The normalized spacial score (nSPS) is 18.8. The highest BCUT2D eigenvalue weighted by Gasteiger charge is 2.45. The minimum Gasteiger partial charge on any atom is -0.369 e. The first kappa shape index (κ1) is 22.5. The van der Waals surface area contributed by atoms with Crippen molar-refractivity contribution in [3.8, 4) is 0 Å². The van der Waals surface area contributed by atoms with Gasteiger partial charge in [-0.2, -0.15) is 0 Å². The largest absolute Gasteiger partial charge is 0.369 e. The van der Waals surface area contributed by atoms with Crippen molar-refractivity contribution in [1.29, 1.82) is 0 Å². The molecule has 3 rings (SSSR count). The van der Waals surface area contributed by atoms with Crippen molar-refractivity contribution in [3.63, 3.8) is 0 Å². The molecule has 1 aromatic carbocycles. The van der Waals surface area contributed by atoms with Gasteiger partial charge in [-0.1, -0.05) is 26.0 Å². The summed E-state index contributed by atoms with van der Waals surface area (Å²) < 4.78 is 0. The Morgan fingerprint density at radius 2 is 1.77 bits per heavy atom. The number of anilines is 2. The fraction of sp³-hybridized carbons (Fsp3) is 0.556. The van der Waals surface area contributed by atoms with Crippen LogP contribution in [-0.2, 0) is 9.59 Å². The average Bonchev–Trinajstić information content (AvgIpc) is 2.55. The smallest absolute Gasteiger partial charge is 0.250 e. The molecule has 1 spiro atoms. The number of carbonyl (C=O) groups is 2. The van der Waals surface area contributed by atoms with Gasteiger partial charge < -0.3 is 21.3 Å². The summed E-state index contributed by atoms with van der Waals surface area (Å²) >= 11 is 0. The van der Waals surface area contributed by atoms with Gasteiger partial charge in [0.1, 0.15) is 5.54 Å². The number of likely N-dealkylation sites (tertiary alicyclic amines) is 1. The number of rotatable bonds is 3. The van der Waals surface area contributed by atoms with E-state index in [-0.39, 0.29) is 36.6 Å². The van der Waals surface area contributed by atoms with Gasteiger partial charge in [-0.15, -0.1) is 24.8 Å². The molecule has 1 aromatic rings. The van der Waals surface area contributed by atoms with E-state index < -0.39 is 11.6 Å². The average molecular weight is 403 g/mol. The maximum absolute atomic E-state index is 12.6. The topological polar surface area (TPSA) is 87.5 Å². The van der Waals surface area contributed by atoms with E-state index in [4.69, 9.17) is 5.73 Å². The lowest BCUT2D eigenvalue weighted by molar-refractivity contribution is -0.136. The van der Waals surface area contributed by atoms with E-state index >= 15 is 0 Å². The van der Waals surface area contributed by atoms with Crippen molar-refractivity contribution in [3.05, 3.63) is 24.3 Å². The molecule has 2 aliphatic heterocycles. The van der Waals surface area contributed by atoms with Gasteiger partial charge in [-0.3, -0.25) is 9.59 Å². The first-order valence-corrected chi connectivity index (χ1v) is 8.64. The Bertz CT molecular complexity index is 646. The van der Waals surface area contributed by atoms with Crippen LogP contribution in [0.2, 0.25) is 0 Å². The van der Waals surface area contributed by atoms with Crippen LogP contribution in [0.25, 0.3) is 0 Å². The molecule has 1 saturated heterocycles. The molecule has 0 saturated carbocycles. The fourth-order valence-corrected chi connectivity index (χ4v) is 3.56.